The van der Waals surface area contributed by atoms with Gasteiger partial charge in [-0.2, -0.15) is 5.26 Å². The number of amides is 1. The first-order valence-corrected chi connectivity index (χ1v) is 7.50. The van der Waals surface area contributed by atoms with Crippen LogP contribution in [0.25, 0.3) is 11.0 Å². The monoisotopic (exact) mass is 297 g/mol. The number of nitrogens with one attached hydrogen (secondary N) is 1. The van der Waals surface area contributed by atoms with Crippen LogP contribution in [0.2, 0.25) is 0 Å². The van der Waals surface area contributed by atoms with Crippen LogP contribution in [0, 0.1) is 11.3 Å². The Bertz CT molecular complexity index is 717. The molecule has 2 aromatic rings. The van der Waals surface area contributed by atoms with E-state index in [0.29, 0.717) is 6.54 Å². The van der Waals surface area contributed by atoms with Crippen LogP contribution in [-0.2, 0) is 4.79 Å². The molecule has 6 heteroatoms. The van der Waals surface area contributed by atoms with Crippen molar-refractivity contribution in [2.24, 2.45) is 0 Å². The fourth-order valence-electron chi connectivity index (χ4n) is 3.13. The Morgan fingerprint density at radius 1 is 1.59 bits per heavy atom. The van der Waals surface area contributed by atoms with Crippen molar-refractivity contribution in [1.82, 2.24) is 14.9 Å². The summed E-state index contributed by atoms with van der Waals surface area (Å²) in [6.07, 6.45) is 5.66. The summed E-state index contributed by atoms with van der Waals surface area (Å²) < 4.78 is 0. The predicted molar refractivity (Wildman–Crippen MR) is 84.3 cm³/mol. The number of hydrogen-bond acceptors (Lipinski definition) is 4. The minimum Gasteiger partial charge on any atom is -0.369 e. The van der Waals surface area contributed by atoms with Gasteiger partial charge in [0.15, 0.2) is 0 Å². The van der Waals surface area contributed by atoms with Crippen LogP contribution in [0.3, 0.4) is 0 Å². The molecule has 114 valence electrons. The zero-order chi connectivity index (χ0) is 15.5. The molecule has 1 aliphatic rings. The molecular formula is C16H19N5O. The van der Waals surface area contributed by atoms with E-state index in [1.807, 2.05) is 29.3 Å². The standard InChI is InChI=1S/C16H19N5O/c1-20(14-6-9-19-16-13(14)5-8-18-16)12-3-2-10-21(11-12)15(22)4-7-17/h5-6,8-9,12H,2-4,10-11H2,1H3,(H,18,19). The number of anilines is 1. The number of likely N-dealkylation sites (tertiary alicyclic amines) is 1. The second-order valence-electron chi connectivity index (χ2n) is 5.65. The fourth-order valence-corrected chi connectivity index (χ4v) is 3.13. The number of nitriles is 1. The number of H-pyrrole nitrogens is 1. The molecular weight excluding hydrogens is 278 g/mol. The van der Waals surface area contributed by atoms with Crippen LogP contribution in [0.1, 0.15) is 19.3 Å². The zero-order valence-corrected chi connectivity index (χ0v) is 12.6. The van der Waals surface area contributed by atoms with Crippen LogP contribution < -0.4 is 4.90 Å². The number of pyridine rings is 1. The van der Waals surface area contributed by atoms with Gasteiger partial charge in [-0.25, -0.2) is 4.98 Å². The van der Waals surface area contributed by atoms with E-state index in [1.165, 1.54) is 0 Å². The third-order valence-corrected chi connectivity index (χ3v) is 4.34. The first-order chi connectivity index (χ1) is 10.7. The van der Waals surface area contributed by atoms with Gasteiger partial charge >= 0.3 is 0 Å². The molecule has 1 unspecified atom stereocenters. The molecule has 1 N–H and O–H groups in total. The van der Waals surface area contributed by atoms with Crippen molar-refractivity contribution in [2.45, 2.75) is 25.3 Å². The predicted octanol–water partition coefficient (Wildman–Crippen LogP) is 1.90. The van der Waals surface area contributed by atoms with Crippen LogP contribution in [-0.4, -0.2) is 47.0 Å². The Hall–Kier alpha value is -2.55. The van der Waals surface area contributed by atoms with Crippen molar-refractivity contribution < 1.29 is 4.79 Å². The number of likely N-dealkylation sites (N-methyl/N-ethyl adjacent to an activating group) is 1. The molecule has 1 atom stereocenters. The molecule has 3 rings (SSSR count). The number of hydrogen-bond donors (Lipinski definition) is 1. The average molecular weight is 297 g/mol. The zero-order valence-electron chi connectivity index (χ0n) is 12.6. The maximum absolute atomic E-state index is 11.9. The topological polar surface area (TPSA) is 76.0 Å². The van der Waals surface area contributed by atoms with Crippen molar-refractivity contribution >= 4 is 22.6 Å². The molecule has 1 aliphatic heterocycles. The molecule has 0 bridgehead atoms. The van der Waals surface area contributed by atoms with E-state index in [1.54, 1.807) is 6.20 Å². The quantitative estimate of drug-likeness (QED) is 0.939. The Morgan fingerprint density at radius 3 is 3.27 bits per heavy atom. The summed E-state index contributed by atoms with van der Waals surface area (Å²) >= 11 is 0. The van der Waals surface area contributed by atoms with E-state index in [-0.39, 0.29) is 18.4 Å². The van der Waals surface area contributed by atoms with Crippen molar-refractivity contribution in [1.29, 1.82) is 5.26 Å². The van der Waals surface area contributed by atoms with Crippen LogP contribution in [0.5, 0.6) is 0 Å². The van der Waals surface area contributed by atoms with Crippen LogP contribution in [0.15, 0.2) is 24.5 Å². The number of carbonyl (C=O) groups is 1. The molecule has 22 heavy (non-hydrogen) atoms. The minimum atomic E-state index is -0.0675. The van der Waals surface area contributed by atoms with Gasteiger partial charge in [-0.15, -0.1) is 0 Å². The van der Waals surface area contributed by atoms with Crippen LogP contribution in [0.4, 0.5) is 5.69 Å². The summed E-state index contributed by atoms with van der Waals surface area (Å²) in [6.45, 7) is 1.42. The van der Waals surface area contributed by atoms with Gasteiger partial charge in [-0.3, -0.25) is 4.79 Å². The number of fused-ring (bicyclic) bond motifs is 1. The lowest BCUT2D eigenvalue weighted by molar-refractivity contribution is -0.131. The highest BCUT2D eigenvalue weighted by Crippen LogP contribution is 2.27. The lowest BCUT2D eigenvalue weighted by Crippen LogP contribution is -2.48. The third kappa shape index (κ3) is 2.62. The lowest BCUT2D eigenvalue weighted by Gasteiger charge is -2.38. The van der Waals surface area contributed by atoms with Gasteiger partial charge in [-0.1, -0.05) is 0 Å². The summed E-state index contributed by atoms with van der Waals surface area (Å²) in [6, 6.07) is 6.23. The largest absolute Gasteiger partial charge is 0.369 e. The first-order valence-electron chi connectivity index (χ1n) is 7.50. The van der Waals surface area contributed by atoms with Crippen molar-refractivity contribution in [3.05, 3.63) is 24.5 Å². The molecule has 1 amide bonds. The summed E-state index contributed by atoms with van der Waals surface area (Å²) in [5.74, 6) is -0.0675. The van der Waals surface area contributed by atoms with E-state index in [2.05, 4.69) is 21.9 Å². The van der Waals surface area contributed by atoms with Gasteiger partial charge in [-0.05, 0) is 25.0 Å². The smallest absolute Gasteiger partial charge is 0.236 e. The molecule has 2 aromatic heterocycles. The molecule has 1 fully saturated rings. The van der Waals surface area contributed by atoms with Gasteiger partial charge < -0.3 is 14.8 Å². The summed E-state index contributed by atoms with van der Waals surface area (Å²) in [7, 11) is 2.06. The van der Waals surface area contributed by atoms with Crippen molar-refractivity contribution in [3.8, 4) is 6.07 Å². The highest BCUT2D eigenvalue weighted by molar-refractivity contribution is 5.89. The Labute approximate surface area is 129 Å². The molecule has 3 heterocycles. The minimum absolute atomic E-state index is 0.0340. The van der Waals surface area contributed by atoms with E-state index < -0.39 is 0 Å². The molecule has 0 saturated carbocycles. The highest BCUT2D eigenvalue weighted by Gasteiger charge is 2.27. The number of carbonyl (C=O) groups excluding carboxylic acids is 1. The molecule has 0 aliphatic carbocycles. The van der Waals surface area contributed by atoms with Gasteiger partial charge in [0.2, 0.25) is 5.91 Å². The molecule has 0 spiro atoms. The van der Waals surface area contributed by atoms with E-state index in [0.717, 1.165) is 36.1 Å². The SMILES string of the molecule is CN(c1ccnc2[nH]ccc12)C1CCCN(C(=O)CC#N)C1. The van der Waals surface area contributed by atoms with E-state index >= 15 is 0 Å². The molecule has 0 aromatic carbocycles. The molecule has 6 nitrogen and oxygen atoms in total. The van der Waals surface area contributed by atoms with Gasteiger partial charge in [0.1, 0.15) is 12.1 Å². The fraction of sp³-hybridized carbons (Fsp3) is 0.438. The Kier molecular flexibility index (Phi) is 3.96. The number of piperidine rings is 1. The Balaban J connectivity index is 1.80. The van der Waals surface area contributed by atoms with Crippen LogP contribution >= 0.6 is 0 Å². The first kappa shape index (κ1) is 14.4. The second kappa shape index (κ2) is 6.06. The number of rotatable bonds is 3. The van der Waals surface area contributed by atoms with E-state index in [9.17, 15) is 4.79 Å². The van der Waals surface area contributed by atoms with Crippen molar-refractivity contribution in [3.63, 3.8) is 0 Å². The Morgan fingerprint density at radius 2 is 2.45 bits per heavy atom. The number of aromatic nitrogens is 2. The average Bonchev–Trinajstić information content (AvgIpc) is 3.03. The number of nitrogens with zero attached hydrogens (tertiary/aromatic N) is 4. The van der Waals surface area contributed by atoms with E-state index in [4.69, 9.17) is 5.26 Å². The number of aromatic amines is 1. The third-order valence-electron chi connectivity index (χ3n) is 4.34. The lowest BCUT2D eigenvalue weighted by atomic mass is 10.0. The highest BCUT2D eigenvalue weighted by atomic mass is 16.2. The molecule has 1 saturated heterocycles. The second-order valence-corrected chi connectivity index (χ2v) is 5.65. The maximum atomic E-state index is 11.9. The van der Waals surface area contributed by atoms with Crippen molar-refractivity contribution in [2.75, 3.05) is 25.0 Å². The summed E-state index contributed by atoms with van der Waals surface area (Å²) in [5, 5.41) is 9.79. The van der Waals surface area contributed by atoms with Gasteiger partial charge in [0.25, 0.3) is 0 Å². The maximum Gasteiger partial charge on any atom is 0.236 e. The van der Waals surface area contributed by atoms with Gasteiger partial charge in [0.05, 0.1) is 6.07 Å². The normalized spacial score (nSPS) is 18.2. The van der Waals surface area contributed by atoms with Gasteiger partial charge in [0, 0.05) is 49.6 Å². The molecule has 0 radical (unpaired) electrons. The summed E-state index contributed by atoms with van der Waals surface area (Å²) in [4.78, 5) is 23.4. The summed E-state index contributed by atoms with van der Waals surface area (Å²) in [5.41, 5.74) is 1.99.